The van der Waals surface area contributed by atoms with Crippen LogP contribution in [-0.4, -0.2) is 35.5 Å². The molecule has 0 aliphatic rings. The van der Waals surface area contributed by atoms with E-state index in [1.54, 1.807) is 0 Å². The van der Waals surface area contributed by atoms with E-state index >= 15 is 0 Å². The normalized spacial score (nSPS) is 10.2. The van der Waals surface area contributed by atoms with Crippen molar-refractivity contribution in [3.8, 4) is 0 Å². The molecule has 12 heavy (non-hydrogen) atoms. The zero-order chi connectivity index (χ0) is 9.23. The highest BCUT2D eigenvalue weighted by atomic mass is 28.3. The van der Waals surface area contributed by atoms with Crippen LogP contribution < -0.4 is 5.32 Å². The lowest BCUT2D eigenvalue weighted by molar-refractivity contribution is -0.109. The maximum atomic E-state index is 9.92. The van der Waals surface area contributed by atoms with E-state index in [0.29, 0.717) is 26.2 Å². The van der Waals surface area contributed by atoms with Gasteiger partial charge in [-0.2, -0.15) is 0 Å². The van der Waals surface area contributed by atoms with Gasteiger partial charge >= 0.3 is 9.28 Å². The van der Waals surface area contributed by atoms with E-state index in [1.807, 2.05) is 13.8 Å². The van der Waals surface area contributed by atoms with Gasteiger partial charge in [-0.25, -0.2) is 0 Å². The molecular formula is C7H17NO3Si. The van der Waals surface area contributed by atoms with Crippen molar-refractivity contribution in [3.63, 3.8) is 0 Å². The Morgan fingerprint density at radius 2 is 1.92 bits per heavy atom. The Morgan fingerprint density at radius 3 is 2.33 bits per heavy atom. The summed E-state index contributed by atoms with van der Waals surface area (Å²) in [5, 5.41) is 2.59. The van der Waals surface area contributed by atoms with Crippen LogP contribution in [0.1, 0.15) is 13.8 Å². The van der Waals surface area contributed by atoms with E-state index in [-0.39, 0.29) is 0 Å². The van der Waals surface area contributed by atoms with E-state index in [9.17, 15) is 4.79 Å². The second kappa shape index (κ2) is 8.70. The topological polar surface area (TPSA) is 47.6 Å². The molecule has 0 saturated carbocycles. The fourth-order valence-corrected chi connectivity index (χ4v) is 2.42. The van der Waals surface area contributed by atoms with E-state index in [2.05, 4.69) is 5.32 Å². The van der Waals surface area contributed by atoms with E-state index in [1.165, 1.54) is 0 Å². The second-order valence-corrected chi connectivity index (χ2v) is 4.30. The zero-order valence-electron chi connectivity index (χ0n) is 7.71. The first-order valence-corrected chi connectivity index (χ1v) is 6.01. The average Bonchev–Trinajstić information content (AvgIpc) is 2.06. The molecule has 0 aromatic heterocycles. The third kappa shape index (κ3) is 6.33. The SMILES string of the molecule is CCO[SiH](CCNC=O)OCC. The van der Waals surface area contributed by atoms with Crippen LogP contribution in [0.3, 0.4) is 0 Å². The highest BCUT2D eigenvalue weighted by Gasteiger charge is 2.10. The van der Waals surface area contributed by atoms with Crippen molar-refractivity contribution in [2.45, 2.75) is 19.9 Å². The molecule has 1 amide bonds. The summed E-state index contributed by atoms with van der Waals surface area (Å²) in [5.74, 6) is 0. The lowest BCUT2D eigenvalue weighted by Gasteiger charge is -2.13. The predicted octanol–water partition coefficient (Wildman–Crippen LogP) is 0.0259. The highest BCUT2D eigenvalue weighted by Crippen LogP contribution is 1.95. The predicted molar refractivity (Wildman–Crippen MR) is 49.3 cm³/mol. The third-order valence-electron chi connectivity index (χ3n) is 1.31. The molecule has 0 aromatic rings. The van der Waals surface area contributed by atoms with Crippen molar-refractivity contribution in [3.05, 3.63) is 0 Å². The van der Waals surface area contributed by atoms with Crippen LogP contribution >= 0.6 is 0 Å². The Balaban J connectivity index is 3.40. The number of hydrogen-bond donors (Lipinski definition) is 1. The van der Waals surface area contributed by atoms with E-state index in [0.717, 1.165) is 6.04 Å². The summed E-state index contributed by atoms with van der Waals surface area (Å²) < 4.78 is 10.8. The molecule has 0 radical (unpaired) electrons. The molecule has 0 aliphatic heterocycles. The summed E-state index contributed by atoms with van der Waals surface area (Å²) in [6, 6.07) is 0.834. The van der Waals surface area contributed by atoms with E-state index in [4.69, 9.17) is 8.85 Å². The average molecular weight is 191 g/mol. The molecule has 1 N–H and O–H groups in total. The van der Waals surface area contributed by atoms with Crippen molar-refractivity contribution in [1.82, 2.24) is 5.32 Å². The summed E-state index contributed by atoms with van der Waals surface area (Å²) in [4.78, 5) is 9.92. The van der Waals surface area contributed by atoms with Crippen LogP contribution in [-0.2, 0) is 13.6 Å². The van der Waals surface area contributed by atoms with Gasteiger partial charge in [0, 0.05) is 25.8 Å². The first-order valence-electron chi connectivity index (χ1n) is 4.25. The van der Waals surface area contributed by atoms with Crippen LogP contribution in [0.5, 0.6) is 0 Å². The number of rotatable bonds is 8. The maximum Gasteiger partial charge on any atom is 0.323 e. The molecule has 4 nitrogen and oxygen atoms in total. The first kappa shape index (κ1) is 11.6. The van der Waals surface area contributed by atoms with Gasteiger partial charge in [-0.3, -0.25) is 4.79 Å². The van der Waals surface area contributed by atoms with Crippen LogP contribution in [0.15, 0.2) is 0 Å². The van der Waals surface area contributed by atoms with Gasteiger partial charge in [-0.05, 0) is 13.8 Å². The van der Waals surface area contributed by atoms with Gasteiger partial charge in [0.2, 0.25) is 6.41 Å². The molecule has 0 saturated heterocycles. The smallest absolute Gasteiger partial charge is 0.323 e. The third-order valence-corrected chi connectivity index (χ3v) is 3.48. The number of carbonyl (C=O) groups is 1. The lowest BCUT2D eigenvalue weighted by Crippen LogP contribution is -2.27. The fourth-order valence-electron chi connectivity index (χ4n) is 0.847. The maximum absolute atomic E-state index is 9.92. The Bertz CT molecular complexity index is 107. The number of nitrogens with one attached hydrogen (secondary N) is 1. The minimum absolute atomic E-state index is 0.653. The highest BCUT2D eigenvalue weighted by molar-refractivity contribution is 6.44. The molecule has 0 unspecified atom stereocenters. The first-order chi connectivity index (χ1) is 5.85. The molecule has 0 atom stereocenters. The minimum Gasteiger partial charge on any atom is -0.397 e. The minimum atomic E-state index is -1.49. The Morgan fingerprint density at radius 1 is 1.33 bits per heavy atom. The molecule has 72 valence electrons. The van der Waals surface area contributed by atoms with Gasteiger partial charge in [0.15, 0.2) is 0 Å². The second-order valence-electron chi connectivity index (χ2n) is 2.20. The molecule has 5 heteroatoms. The summed E-state index contributed by atoms with van der Waals surface area (Å²) >= 11 is 0. The molecular weight excluding hydrogens is 174 g/mol. The van der Waals surface area contributed by atoms with Crippen LogP contribution in [0.2, 0.25) is 6.04 Å². The van der Waals surface area contributed by atoms with Gasteiger partial charge in [0.05, 0.1) is 0 Å². The zero-order valence-corrected chi connectivity index (χ0v) is 8.86. The number of carbonyl (C=O) groups excluding carboxylic acids is 1. The summed E-state index contributed by atoms with van der Waals surface area (Å²) in [6.45, 7) is 5.94. The van der Waals surface area contributed by atoms with E-state index < -0.39 is 9.28 Å². The lowest BCUT2D eigenvalue weighted by atomic mass is 10.8. The van der Waals surface area contributed by atoms with Crippen LogP contribution in [0.25, 0.3) is 0 Å². The molecule has 0 bridgehead atoms. The van der Waals surface area contributed by atoms with Crippen molar-refractivity contribution < 1.29 is 13.6 Å². The molecule has 0 heterocycles. The van der Waals surface area contributed by atoms with Gasteiger partial charge in [0.1, 0.15) is 0 Å². The fraction of sp³-hybridized carbons (Fsp3) is 0.857. The van der Waals surface area contributed by atoms with Crippen LogP contribution in [0.4, 0.5) is 0 Å². The Hall–Kier alpha value is -0.393. The molecule has 0 aliphatic carbocycles. The standard InChI is InChI=1S/C7H17NO3Si/c1-3-10-12(11-4-2)6-5-8-7-9/h7,12H,3-6H2,1-2H3,(H,8,9). The van der Waals surface area contributed by atoms with Crippen molar-refractivity contribution in [2.24, 2.45) is 0 Å². The number of amides is 1. The quantitative estimate of drug-likeness (QED) is 0.334. The number of hydrogen-bond acceptors (Lipinski definition) is 3. The summed E-state index contributed by atoms with van der Waals surface area (Å²) in [5.41, 5.74) is 0. The largest absolute Gasteiger partial charge is 0.397 e. The Kier molecular flexibility index (Phi) is 8.42. The Labute approximate surface area is 75.1 Å². The van der Waals surface area contributed by atoms with Crippen molar-refractivity contribution in [1.29, 1.82) is 0 Å². The molecule has 0 spiro atoms. The molecule has 0 rings (SSSR count). The molecule has 0 fully saturated rings. The van der Waals surface area contributed by atoms with Crippen molar-refractivity contribution in [2.75, 3.05) is 19.8 Å². The van der Waals surface area contributed by atoms with Crippen LogP contribution in [0, 0.1) is 0 Å². The van der Waals surface area contributed by atoms with Gasteiger partial charge in [-0.1, -0.05) is 0 Å². The summed E-state index contributed by atoms with van der Waals surface area (Å²) in [6.07, 6.45) is 0.698. The molecule has 0 aromatic carbocycles. The van der Waals surface area contributed by atoms with Gasteiger partial charge < -0.3 is 14.2 Å². The van der Waals surface area contributed by atoms with Crippen molar-refractivity contribution >= 4 is 15.7 Å². The summed E-state index contributed by atoms with van der Waals surface area (Å²) in [7, 11) is -1.49. The monoisotopic (exact) mass is 191 g/mol. The van der Waals surface area contributed by atoms with Gasteiger partial charge in [-0.15, -0.1) is 0 Å². The van der Waals surface area contributed by atoms with Gasteiger partial charge in [0.25, 0.3) is 0 Å².